The smallest absolute Gasteiger partial charge is 0.237 e. The zero-order chi connectivity index (χ0) is 20.1. The number of carbonyl (C=O) groups excluding carboxylic acids is 1. The second kappa shape index (κ2) is 8.75. The summed E-state index contributed by atoms with van der Waals surface area (Å²) in [6.07, 6.45) is 4.99. The van der Waals surface area contributed by atoms with E-state index in [1.807, 2.05) is 0 Å². The Bertz CT molecular complexity index is 973. The summed E-state index contributed by atoms with van der Waals surface area (Å²) in [5.41, 5.74) is 0.353. The largest absolute Gasteiger partial charge is 0.320 e. The highest BCUT2D eigenvalue weighted by molar-refractivity contribution is 8.00. The van der Waals surface area contributed by atoms with Gasteiger partial charge in [0.15, 0.2) is 11.0 Å². The lowest BCUT2D eigenvalue weighted by molar-refractivity contribution is -0.115. The fraction of sp³-hybridized carbons (Fsp3) is 0.158. The molecule has 0 aliphatic rings. The molecule has 0 fully saturated rings. The number of para-hydroxylation sites is 1. The van der Waals surface area contributed by atoms with E-state index >= 15 is 0 Å². The number of anilines is 1. The first-order valence-corrected chi connectivity index (χ1v) is 9.25. The highest BCUT2D eigenvalue weighted by atomic mass is 32.2. The van der Waals surface area contributed by atoms with Crippen LogP contribution in [-0.4, -0.2) is 30.9 Å². The monoisotopic (exact) mass is 401 g/mol. The van der Waals surface area contributed by atoms with E-state index in [-0.39, 0.29) is 0 Å². The third kappa shape index (κ3) is 4.25. The SMILES string of the molecule is C=CCn1c(S[C@@H](C)C(=O)Nc2c(F)cccc2F)nnc1-c1ccncc1. The van der Waals surface area contributed by atoms with E-state index in [0.29, 0.717) is 17.5 Å². The Morgan fingerprint density at radius 2 is 1.93 bits per heavy atom. The van der Waals surface area contributed by atoms with Gasteiger partial charge in [0.1, 0.15) is 17.3 Å². The van der Waals surface area contributed by atoms with Crippen LogP contribution in [0.2, 0.25) is 0 Å². The Morgan fingerprint density at radius 3 is 2.57 bits per heavy atom. The second-order valence-corrected chi connectivity index (χ2v) is 7.10. The molecule has 1 atom stereocenters. The molecule has 2 heterocycles. The molecule has 0 radical (unpaired) electrons. The van der Waals surface area contributed by atoms with Gasteiger partial charge in [-0.15, -0.1) is 16.8 Å². The number of amides is 1. The number of allylic oxidation sites excluding steroid dienone is 1. The lowest BCUT2D eigenvalue weighted by atomic mass is 10.2. The maximum atomic E-state index is 13.8. The van der Waals surface area contributed by atoms with Gasteiger partial charge in [-0.3, -0.25) is 14.3 Å². The molecule has 3 aromatic rings. The molecule has 0 aliphatic carbocycles. The van der Waals surface area contributed by atoms with Crippen LogP contribution in [0.15, 0.2) is 60.5 Å². The Morgan fingerprint density at radius 1 is 1.25 bits per heavy atom. The first kappa shape index (κ1) is 19.7. The molecular weight excluding hydrogens is 384 g/mol. The number of hydrogen-bond acceptors (Lipinski definition) is 5. The van der Waals surface area contributed by atoms with Gasteiger partial charge in [0.2, 0.25) is 5.91 Å². The molecule has 0 spiro atoms. The highest BCUT2D eigenvalue weighted by Gasteiger charge is 2.22. The summed E-state index contributed by atoms with van der Waals surface area (Å²) in [6.45, 7) is 5.80. The van der Waals surface area contributed by atoms with Crippen LogP contribution in [0.5, 0.6) is 0 Å². The summed E-state index contributed by atoms with van der Waals surface area (Å²) in [6, 6.07) is 7.00. The Hall–Kier alpha value is -3.07. The zero-order valence-electron chi connectivity index (χ0n) is 15.0. The number of pyridine rings is 1. The van der Waals surface area contributed by atoms with Gasteiger partial charge in [-0.05, 0) is 31.2 Å². The van der Waals surface area contributed by atoms with Crippen molar-refractivity contribution < 1.29 is 13.6 Å². The van der Waals surface area contributed by atoms with Crippen molar-refractivity contribution >= 4 is 23.4 Å². The molecule has 1 amide bonds. The number of nitrogens with one attached hydrogen (secondary N) is 1. The van der Waals surface area contributed by atoms with Gasteiger partial charge >= 0.3 is 0 Å². The molecule has 9 heteroatoms. The zero-order valence-corrected chi connectivity index (χ0v) is 15.8. The summed E-state index contributed by atoms with van der Waals surface area (Å²) in [5, 5.41) is 10.5. The predicted octanol–water partition coefficient (Wildman–Crippen LogP) is 3.92. The van der Waals surface area contributed by atoms with Crippen molar-refractivity contribution in [2.24, 2.45) is 0 Å². The topological polar surface area (TPSA) is 72.7 Å². The van der Waals surface area contributed by atoms with Gasteiger partial charge in [-0.25, -0.2) is 8.78 Å². The van der Waals surface area contributed by atoms with Crippen LogP contribution in [0, 0.1) is 11.6 Å². The lowest BCUT2D eigenvalue weighted by Gasteiger charge is -2.13. The second-order valence-electron chi connectivity index (χ2n) is 5.79. The molecule has 0 bridgehead atoms. The van der Waals surface area contributed by atoms with Crippen LogP contribution in [0.25, 0.3) is 11.4 Å². The number of thioether (sulfide) groups is 1. The quantitative estimate of drug-likeness (QED) is 0.480. The number of hydrogen-bond donors (Lipinski definition) is 1. The summed E-state index contributed by atoms with van der Waals surface area (Å²) in [4.78, 5) is 16.4. The fourth-order valence-electron chi connectivity index (χ4n) is 2.44. The standard InChI is InChI=1S/C19H17F2N5OS/c1-3-11-26-17(13-7-9-22-10-8-13)24-25-19(26)28-12(2)18(27)23-16-14(20)5-4-6-15(16)21/h3-10,12H,1,11H2,2H3,(H,23,27)/t12-/m0/s1. The van der Waals surface area contributed by atoms with Crippen molar-refractivity contribution in [3.8, 4) is 11.4 Å². The van der Waals surface area contributed by atoms with Gasteiger partial charge < -0.3 is 5.32 Å². The summed E-state index contributed by atoms with van der Waals surface area (Å²) in [5.74, 6) is -1.61. The molecule has 1 aromatic carbocycles. The average molecular weight is 401 g/mol. The molecule has 0 aliphatic heterocycles. The predicted molar refractivity (Wildman–Crippen MR) is 104 cm³/mol. The van der Waals surface area contributed by atoms with Crippen LogP contribution >= 0.6 is 11.8 Å². The van der Waals surface area contributed by atoms with Crippen molar-refractivity contribution in [2.75, 3.05) is 5.32 Å². The van der Waals surface area contributed by atoms with E-state index in [4.69, 9.17) is 0 Å². The van der Waals surface area contributed by atoms with Crippen LogP contribution in [-0.2, 0) is 11.3 Å². The Kier molecular flexibility index (Phi) is 6.15. The van der Waals surface area contributed by atoms with Crippen LogP contribution in [0.3, 0.4) is 0 Å². The average Bonchev–Trinajstić information content (AvgIpc) is 3.08. The van der Waals surface area contributed by atoms with Gasteiger partial charge in [0.05, 0.1) is 5.25 Å². The number of aromatic nitrogens is 4. The number of rotatable bonds is 7. The first-order valence-electron chi connectivity index (χ1n) is 8.37. The molecule has 0 saturated carbocycles. The minimum Gasteiger partial charge on any atom is -0.320 e. The van der Waals surface area contributed by atoms with Crippen LogP contribution in [0.4, 0.5) is 14.5 Å². The van der Waals surface area contributed by atoms with E-state index < -0.39 is 28.5 Å². The van der Waals surface area contributed by atoms with Crippen molar-refractivity contribution in [3.63, 3.8) is 0 Å². The Balaban J connectivity index is 1.80. The molecule has 2 aromatic heterocycles. The molecule has 0 unspecified atom stereocenters. The van der Waals surface area contributed by atoms with E-state index in [1.165, 1.54) is 6.07 Å². The molecule has 3 rings (SSSR count). The highest BCUT2D eigenvalue weighted by Crippen LogP contribution is 2.28. The minimum absolute atomic E-state index is 0.434. The molecular formula is C19H17F2N5OS. The fourth-order valence-corrected chi connectivity index (χ4v) is 3.30. The molecule has 144 valence electrons. The maximum Gasteiger partial charge on any atom is 0.237 e. The van der Waals surface area contributed by atoms with Crippen molar-refractivity contribution in [2.45, 2.75) is 23.9 Å². The van der Waals surface area contributed by atoms with Gasteiger partial charge in [0.25, 0.3) is 0 Å². The third-order valence-corrected chi connectivity index (χ3v) is 4.91. The van der Waals surface area contributed by atoms with Gasteiger partial charge in [0, 0.05) is 24.5 Å². The Labute approximate surface area is 164 Å². The molecule has 0 saturated heterocycles. The third-order valence-electron chi connectivity index (χ3n) is 3.83. The number of benzene rings is 1. The normalized spacial score (nSPS) is 11.8. The number of carbonyl (C=O) groups is 1. The first-order chi connectivity index (χ1) is 13.5. The van der Waals surface area contributed by atoms with E-state index in [0.717, 1.165) is 29.5 Å². The summed E-state index contributed by atoms with van der Waals surface area (Å²) < 4.78 is 29.3. The van der Waals surface area contributed by atoms with Crippen molar-refractivity contribution in [1.29, 1.82) is 0 Å². The van der Waals surface area contributed by atoms with Gasteiger partial charge in [-0.1, -0.05) is 23.9 Å². The van der Waals surface area contributed by atoms with Crippen LogP contribution in [0.1, 0.15) is 6.92 Å². The van der Waals surface area contributed by atoms with Gasteiger partial charge in [-0.2, -0.15) is 0 Å². The molecule has 28 heavy (non-hydrogen) atoms. The van der Waals surface area contributed by atoms with Crippen LogP contribution < -0.4 is 5.32 Å². The summed E-state index contributed by atoms with van der Waals surface area (Å²) in [7, 11) is 0. The summed E-state index contributed by atoms with van der Waals surface area (Å²) >= 11 is 1.13. The maximum absolute atomic E-state index is 13.8. The van der Waals surface area contributed by atoms with E-state index in [9.17, 15) is 13.6 Å². The minimum atomic E-state index is -0.833. The van der Waals surface area contributed by atoms with E-state index in [2.05, 4.69) is 27.1 Å². The molecule has 6 nitrogen and oxygen atoms in total. The lowest BCUT2D eigenvalue weighted by Crippen LogP contribution is -2.24. The van der Waals surface area contributed by atoms with Crippen molar-refractivity contribution in [3.05, 3.63) is 67.0 Å². The van der Waals surface area contributed by atoms with Crippen molar-refractivity contribution in [1.82, 2.24) is 19.7 Å². The number of halogens is 2. The molecule has 1 N–H and O–H groups in total. The van der Waals surface area contributed by atoms with E-state index in [1.54, 1.807) is 42.1 Å². The number of nitrogens with zero attached hydrogens (tertiary/aromatic N) is 4.